The molecule has 0 heterocycles. The summed E-state index contributed by atoms with van der Waals surface area (Å²) in [5.41, 5.74) is 0. The standard InChI is InChI=1S/C13H28N2/c1-5-11-8-6-7-9-12(11)13(14-2)10-15(3)4/h11-14H,5-10H2,1-4H3. The predicted molar refractivity (Wildman–Crippen MR) is 67.1 cm³/mol. The molecule has 0 aromatic rings. The number of hydrogen-bond acceptors (Lipinski definition) is 2. The summed E-state index contributed by atoms with van der Waals surface area (Å²) in [7, 11) is 6.47. The molecule has 1 fully saturated rings. The summed E-state index contributed by atoms with van der Waals surface area (Å²) >= 11 is 0. The molecule has 0 aromatic carbocycles. The van der Waals surface area contributed by atoms with Gasteiger partial charge in [-0.05, 0) is 39.4 Å². The Morgan fingerprint density at radius 1 is 1.27 bits per heavy atom. The second kappa shape index (κ2) is 6.49. The second-order valence-electron chi connectivity index (χ2n) is 5.27. The minimum Gasteiger partial charge on any atom is -0.315 e. The Bertz CT molecular complexity index is 168. The molecular weight excluding hydrogens is 184 g/mol. The van der Waals surface area contributed by atoms with Crippen molar-refractivity contribution in [1.29, 1.82) is 0 Å². The fourth-order valence-corrected chi connectivity index (χ4v) is 3.11. The normalized spacial score (nSPS) is 29.4. The summed E-state index contributed by atoms with van der Waals surface area (Å²) < 4.78 is 0. The molecule has 0 aromatic heterocycles. The molecule has 0 saturated heterocycles. The highest BCUT2D eigenvalue weighted by molar-refractivity contribution is 4.85. The summed E-state index contributed by atoms with van der Waals surface area (Å²) in [6, 6.07) is 0.685. The molecule has 0 spiro atoms. The largest absolute Gasteiger partial charge is 0.315 e. The summed E-state index contributed by atoms with van der Waals surface area (Å²) in [5, 5.41) is 3.53. The van der Waals surface area contributed by atoms with E-state index in [9.17, 15) is 0 Å². The van der Waals surface area contributed by atoms with Crippen LogP contribution in [0.1, 0.15) is 39.0 Å². The molecule has 0 radical (unpaired) electrons. The SMILES string of the molecule is CCC1CCCCC1C(CN(C)C)NC. The number of rotatable bonds is 5. The zero-order valence-corrected chi connectivity index (χ0v) is 10.9. The van der Waals surface area contributed by atoms with Crippen LogP contribution in [0.4, 0.5) is 0 Å². The van der Waals surface area contributed by atoms with E-state index in [1.54, 1.807) is 0 Å². The van der Waals surface area contributed by atoms with Crippen LogP contribution in [0.2, 0.25) is 0 Å². The van der Waals surface area contributed by atoms with Crippen molar-refractivity contribution in [2.45, 2.75) is 45.1 Å². The van der Waals surface area contributed by atoms with Gasteiger partial charge in [-0.15, -0.1) is 0 Å². The molecule has 1 N–H and O–H groups in total. The molecule has 1 rings (SSSR count). The van der Waals surface area contributed by atoms with Gasteiger partial charge < -0.3 is 10.2 Å². The monoisotopic (exact) mass is 212 g/mol. The van der Waals surface area contributed by atoms with E-state index in [0.717, 1.165) is 11.8 Å². The lowest BCUT2D eigenvalue weighted by atomic mass is 9.74. The first-order chi connectivity index (χ1) is 7.19. The Hall–Kier alpha value is -0.0800. The highest BCUT2D eigenvalue weighted by atomic mass is 15.1. The second-order valence-corrected chi connectivity index (χ2v) is 5.27. The first-order valence-corrected chi connectivity index (χ1v) is 6.51. The molecule has 1 aliphatic carbocycles. The van der Waals surface area contributed by atoms with Gasteiger partial charge in [-0.2, -0.15) is 0 Å². The van der Waals surface area contributed by atoms with Gasteiger partial charge in [-0.3, -0.25) is 0 Å². The Morgan fingerprint density at radius 3 is 2.47 bits per heavy atom. The fraction of sp³-hybridized carbons (Fsp3) is 1.00. The van der Waals surface area contributed by atoms with Crippen molar-refractivity contribution in [2.75, 3.05) is 27.7 Å². The van der Waals surface area contributed by atoms with Crippen LogP contribution in [0.5, 0.6) is 0 Å². The lowest BCUT2D eigenvalue weighted by Crippen LogP contribution is -2.45. The first-order valence-electron chi connectivity index (χ1n) is 6.51. The average Bonchev–Trinajstić information content (AvgIpc) is 2.25. The zero-order valence-electron chi connectivity index (χ0n) is 10.9. The lowest BCUT2D eigenvalue weighted by molar-refractivity contribution is 0.157. The van der Waals surface area contributed by atoms with Crippen LogP contribution in [0.25, 0.3) is 0 Å². The lowest BCUT2D eigenvalue weighted by Gasteiger charge is -2.38. The van der Waals surface area contributed by atoms with Crippen molar-refractivity contribution in [1.82, 2.24) is 10.2 Å². The van der Waals surface area contributed by atoms with Crippen LogP contribution < -0.4 is 5.32 Å². The van der Waals surface area contributed by atoms with Crippen molar-refractivity contribution in [3.63, 3.8) is 0 Å². The van der Waals surface area contributed by atoms with Crippen molar-refractivity contribution in [3.05, 3.63) is 0 Å². The van der Waals surface area contributed by atoms with Crippen LogP contribution in [0.15, 0.2) is 0 Å². The molecule has 90 valence electrons. The molecule has 3 atom stereocenters. The van der Waals surface area contributed by atoms with E-state index in [4.69, 9.17) is 0 Å². The smallest absolute Gasteiger partial charge is 0.0222 e. The average molecular weight is 212 g/mol. The number of nitrogens with one attached hydrogen (secondary N) is 1. The van der Waals surface area contributed by atoms with E-state index in [-0.39, 0.29) is 0 Å². The predicted octanol–water partition coefficient (Wildman–Crippen LogP) is 2.35. The summed E-state index contributed by atoms with van der Waals surface area (Å²) in [6.45, 7) is 3.53. The molecule has 15 heavy (non-hydrogen) atoms. The molecule has 1 aliphatic rings. The van der Waals surface area contributed by atoms with Crippen molar-refractivity contribution in [3.8, 4) is 0 Å². The molecule has 0 amide bonds. The summed E-state index contributed by atoms with van der Waals surface area (Å²) in [5.74, 6) is 1.85. The fourth-order valence-electron chi connectivity index (χ4n) is 3.11. The van der Waals surface area contributed by atoms with Crippen molar-refractivity contribution in [2.24, 2.45) is 11.8 Å². The van der Waals surface area contributed by atoms with Gasteiger partial charge in [0.05, 0.1) is 0 Å². The van der Waals surface area contributed by atoms with Crippen molar-refractivity contribution < 1.29 is 0 Å². The van der Waals surface area contributed by atoms with Crippen LogP contribution >= 0.6 is 0 Å². The highest BCUT2D eigenvalue weighted by Gasteiger charge is 2.29. The van der Waals surface area contributed by atoms with Gasteiger partial charge >= 0.3 is 0 Å². The summed E-state index contributed by atoms with van der Waals surface area (Å²) in [6.07, 6.45) is 7.13. The topological polar surface area (TPSA) is 15.3 Å². The number of hydrogen-bond donors (Lipinski definition) is 1. The van der Waals surface area contributed by atoms with Gasteiger partial charge in [0.25, 0.3) is 0 Å². The molecule has 3 unspecified atom stereocenters. The quantitative estimate of drug-likeness (QED) is 0.752. The van der Waals surface area contributed by atoms with E-state index in [0.29, 0.717) is 6.04 Å². The number of likely N-dealkylation sites (N-methyl/N-ethyl adjacent to an activating group) is 2. The Morgan fingerprint density at radius 2 is 1.93 bits per heavy atom. The van der Waals surface area contributed by atoms with E-state index in [1.165, 1.54) is 38.6 Å². The minimum atomic E-state index is 0.685. The maximum Gasteiger partial charge on any atom is 0.0222 e. The Labute approximate surface area is 95.4 Å². The molecule has 2 heteroatoms. The molecular formula is C13H28N2. The maximum absolute atomic E-state index is 3.53. The van der Waals surface area contributed by atoms with Gasteiger partial charge in [0, 0.05) is 12.6 Å². The maximum atomic E-state index is 3.53. The first kappa shape index (κ1) is 13.0. The van der Waals surface area contributed by atoms with Gasteiger partial charge in [0.15, 0.2) is 0 Å². The van der Waals surface area contributed by atoms with Gasteiger partial charge in [-0.1, -0.05) is 32.6 Å². The molecule has 1 saturated carbocycles. The van der Waals surface area contributed by atoms with E-state index < -0.39 is 0 Å². The van der Waals surface area contributed by atoms with Gasteiger partial charge in [-0.25, -0.2) is 0 Å². The Balaban J connectivity index is 2.55. The summed E-state index contributed by atoms with van der Waals surface area (Å²) in [4.78, 5) is 2.31. The molecule has 0 bridgehead atoms. The van der Waals surface area contributed by atoms with Gasteiger partial charge in [0.2, 0.25) is 0 Å². The molecule has 2 nitrogen and oxygen atoms in total. The minimum absolute atomic E-state index is 0.685. The van der Waals surface area contributed by atoms with Crippen LogP contribution in [0, 0.1) is 11.8 Å². The highest BCUT2D eigenvalue weighted by Crippen LogP contribution is 2.34. The molecule has 0 aliphatic heterocycles. The third kappa shape index (κ3) is 3.76. The van der Waals surface area contributed by atoms with Crippen LogP contribution in [0.3, 0.4) is 0 Å². The van der Waals surface area contributed by atoms with E-state index >= 15 is 0 Å². The van der Waals surface area contributed by atoms with Crippen LogP contribution in [-0.4, -0.2) is 38.6 Å². The Kier molecular flexibility index (Phi) is 5.62. The number of nitrogens with zero attached hydrogens (tertiary/aromatic N) is 1. The third-order valence-electron chi connectivity index (χ3n) is 3.94. The van der Waals surface area contributed by atoms with E-state index in [2.05, 4.69) is 38.3 Å². The van der Waals surface area contributed by atoms with Crippen LogP contribution in [-0.2, 0) is 0 Å². The zero-order chi connectivity index (χ0) is 11.3. The van der Waals surface area contributed by atoms with E-state index in [1.807, 2.05) is 0 Å². The third-order valence-corrected chi connectivity index (χ3v) is 3.94. The van der Waals surface area contributed by atoms with Crippen molar-refractivity contribution >= 4 is 0 Å². The van der Waals surface area contributed by atoms with Gasteiger partial charge in [0.1, 0.15) is 0 Å².